The number of aryl methyl sites for hydroxylation is 1. The molecule has 0 bridgehead atoms. The first kappa shape index (κ1) is 17.0. The van der Waals surface area contributed by atoms with Crippen molar-refractivity contribution in [3.05, 3.63) is 48.0 Å². The predicted octanol–water partition coefficient (Wildman–Crippen LogP) is 2.85. The highest BCUT2D eigenvalue weighted by molar-refractivity contribution is 14.0. The number of aliphatic imine (C=N–C) groups is 1. The van der Waals surface area contributed by atoms with E-state index in [4.69, 9.17) is 0 Å². The van der Waals surface area contributed by atoms with Gasteiger partial charge in [0, 0.05) is 13.1 Å². The van der Waals surface area contributed by atoms with Crippen molar-refractivity contribution in [1.29, 1.82) is 0 Å². The molecule has 0 atom stereocenters. The van der Waals surface area contributed by atoms with E-state index in [1.807, 2.05) is 6.08 Å². The van der Waals surface area contributed by atoms with Crippen LogP contribution in [-0.2, 0) is 6.54 Å². The number of halogens is 1. The van der Waals surface area contributed by atoms with Gasteiger partial charge in [0.05, 0.1) is 6.54 Å². The lowest BCUT2D eigenvalue weighted by Crippen LogP contribution is -2.37. The van der Waals surface area contributed by atoms with Gasteiger partial charge in [-0.3, -0.25) is 0 Å². The molecule has 100 valence electrons. The summed E-state index contributed by atoms with van der Waals surface area (Å²) in [6, 6.07) is 8.40. The minimum Gasteiger partial charge on any atom is -0.357 e. The van der Waals surface area contributed by atoms with Crippen LogP contribution in [0, 0.1) is 6.92 Å². The van der Waals surface area contributed by atoms with Crippen molar-refractivity contribution in [1.82, 2.24) is 10.6 Å². The predicted molar refractivity (Wildman–Crippen MR) is 89.6 cm³/mol. The minimum absolute atomic E-state index is 0. The van der Waals surface area contributed by atoms with E-state index in [1.54, 1.807) is 0 Å². The maximum absolute atomic E-state index is 4.51. The van der Waals surface area contributed by atoms with Gasteiger partial charge in [-0.1, -0.05) is 35.9 Å². The third kappa shape index (κ3) is 6.64. The van der Waals surface area contributed by atoms with E-state index in [1.165, 1.54) is 11.1 Å². The lowest BCUT2D eigenvalue weighted by molar-refractivity contribution is 0.860. The van der Waals surface area contributed by atoms with Crippen LogP contribution in [0.25, 0.3) is 0 Å². The van der Waals surface area contributed by atoms with Crippen LogP contribution >= 0.6 is 24.0 Å². The Hall–Kier alpha value is -1.04. The van der Waals surface area contributed by atoms with Gasteiger partial charge < -0.3 is 10.6 Å². The van der Waals surface area contributed by atoms with Crippen LogP contribution < -0.4 is 10.6 Å². The van der Waals surface area contributed by atoms with Gasteiger partial charge in [-0.15, -0.1) is 30.6 Å². The van der Waals surface area contributed by atoms with E-state index in [9.17, 15) is 0 Å². The lowest BCUT2D eigenvalue weighted by Gasteiger charge is -2.09. The highest BCUT2D eigenvalue weighted by Crippen LogP contribution is 2.04. The standard InChI is InChI=1S/C14H21N3.HI/c1-4-9-16-14(15-5-2)17-11-13-8-6-7-12(3)10-13;/h4,6-8,10H,1,5,9,11H2,2-3H3,(H2,15,16,17);1H. The zero-order valence-electron chi connectivity index (χ0n) is 11.1. The summed E-state index contributed by atoms with van der Waals surface area (Å²) in [7, 11) is 0. The maximum Gasteiger partial charge on any atom is 0.191 e. The average molecular weight is 359 g/mol. The molecule has 1 aromatic rings. The first-order valence-corrected chi connectivity index (χ1v) is 5.95. The minimum atomic E-state index is 0. The van der Waals surface area contributed by atoms with E-state index in [0.29, 0.717) is 6.54 Å². The fraction of sp³-hybridized carbons (Fsp3) is 0.357. The highest BCUT2D eigenvalue weighted by atomic mass is 127. The second kappa shape index (κ2) is 9.94. The largest absolute Gasteiger partial charge is 0.357 e. The molecular weight excluding hydrogens is 337 g/mol. The molecule has 0 saturated heterocycles. The van der Waals surface area contributed by atoms with Gasteiger partial charge in [-0.25, -0.2) is 4.99 Å². The smallest absolute Gasteiger partial charge is 0.191 e. The number of nitrogens with zero attached hydrogens (tertiary/aromatic N) is 1. The quantitative estimate of drug-likeness (QED) is 0.367. The van der Waals surface area contributed by atoms with E-state index < -0.39 is 0 Å². The Morgan fingerprint density at radius 1 is 1.39 bits per heavy atom. The monoisotopic (exact) mass is 359 g/mol. The van der Waals surface area contributed by atoms with Crippen LogP contribution in [0.1, 0.15) is 18.1 Å². The molecule has 3 nitrogen and oxygen atoms in total. The third-order valence-electron chi connectivity index (χ3n) is 2.26. The number of rotatable bonds is 5. The van der Waals surface area contributed by atoms with Crippen LogP contribution in [0.2, 0.25) is 0 Å². The first-order valence-electron chi connectivity index (χ1n) is 5.95. The van der Waals surface area contributed by atoms with Crippen LogP contribution in [0.15, 0.2) is 41.9 Å². The van der Waals surface area contributed by atoms with Crippen molar-refractivity contribution in [3.63, 3.8) is 0 Å². The van der Waals surface area contributed by atoms with E-state index in [-0.39, 0.29) is 24.0 Å². The van der Waals surface area contributed by atoms with E-state index >= 15 is 0 Å². The second-order valence-corrected chi connectivity index (χ2v) is 3.85. The number of hydrogen-bond donors (Lipinski definition) is 2. The van der Waals surface area contributed by atoms with Crippen molar-refractivity contribution < 1.29 is 0 Å². The molecule has 0 aliphatic heterocycles. The zero-order valence-corrected chi connectivity index (χ0v) is 13.4. The Labute approximate surface area is 127 Å². The van der Waals surface area contributed by atoms with Gasteiger partial charge >= 0.3 is 0 Å². The summed E-state index contributed by atoms with van der Waals surface area (Å²) >= 11 is 0. The lowest BCUT2D eigenvalue weighted by atomic mass is 10.1. The molecule has 4 heteroatoms. The molecule has 1 rings (SSSR count). The summed E-state index contributed by atoms with van der Waals surface area (Å²) in [6.07, 6.45) is 1.82. The van der Waals surface area contributed by atoms with Crippen molar-refractivity contribution >= 4 is 29.9 Å². The normalized spacial score (nSPS) is 10.4. The number of nitrogens with one attached hydrogen (secondary N) is 2. The van der Waals surface area contributed by atoms with Gasteiger partial charge in [0.15, 0.2) is 5.96 Å². The number of hydrogen-bond acceptors (Lipinski definition) is 1. The Morgan fingerprint density at radius 3 is 2.78 bits per heavy atom. The number of benzene rings is 1. The summed E-state index contributed by atoms with van der Waals surface area (Å²) in [4.78, 5) is 4.51. The fourth-order valence-electron chi connectivity index (χ4n) is 1.49. The average Bonchev–Trinajstić information content (AvgIpc) is 2.33. The zero-order chi connectivity index (χ0) is 12.5. The van der Waals surface area contributed by atoms with Crippen molar-refractivity contribution in [2.75, 3.05) is 13.1 Å². The summed E-state index contributed by atoms with van der Waals surface area (Å²) < 4.78 is 0. The fourth-order valence-corrected chi connectivity index (χ4v) is 1.49. The van der Waals surface area contributed by atoms with Gasteiger partial charge in [0.25, 0.3) is 0 Å². The molecule has 0 aliphatic rings. The molecule has 0 fully saturated rings. The summed E-state index contributed by atoms with van der Waals surface area (Å²) in [5.74, 6) is 0.828. The SMILES string of the molecule is C=CCNC(=NCc1cccc(C)c1)NCC.I. The third-order valence-corrected chi connectivity index (χ3v) is 2.26. The van der Waals surface area contributed by atoms with Gasteiger partial charge in [-0.05, 0) is 19.4 Å². The van der Waals surface area contributed by atoms with Crippen molar-refractivity contribution in [2.24, 2.45) is 4.99 Å². The van der Waals surface area contributed by atoms with Gasteiger partial charge in [-0.2, -0.15) is 0 Å². The maximum atomic E-state index is 4.51. The van der Waals surface area contributed by atoms with Crippen molar-refractivity contribution in [2.45, 2.75) is 20.4 Å². The highest BCUT2D eigenvalue weighted by Gasteiger charge is 1.95. The van der Waals surface area contributed by atoms with E-state index in [2.05, 4.69) is 60.3 Å². The Bertz CT molecular complexity index is 388. The molecule has 0 aliphatic carbocycles. The molecule has 0 aromatic heterocycles. The van der Waals surface area contributed by atoms with Gasteiger partial charge in [0.1, 0.15) is 0 Å². The summed E-state index contributed by atoms with van der Waals surface area (Å²) in [5, 5.41) is 6.37. The van der Waals surface area contributed by atoms with Crippen LogP contribution in [0.5, 0.6) is 0 Å². The van der Waals surface area contributed by atoms with Gasteiger partial charge in [0.2, 0.25) is 0 Å². The molecular formula is C14H22IN3. The molecule has 0 saturated carbocycles. The molecule has 0 spiro atoms. The van der Waals surface area contributed by atoms with Crippen LogP contribution in [0.4, 0.5) is 0 Å². The molecule has 0 amide bonds. The molecule has 0 heterocycles. The Balaban J connectivity index is 0.00000289. The van der Waals surface area contributed by atoms with E-state index in [0.717, 1.165) is 19.0 Å². The van der Waals surface area contributed by atoms with Crippen LogP contribution in [0.3, 0.4) is 0 Å². The van der Waals surface area contributed by atoms with Crippen molar-refractivity contribution in [3.8, 4) is 0 Å². The Kier molecular flexibility index (Phi) is 9.36. The molecule has 2 N–H and O–H groups in total. The topological polar surface area (TPSA) is 36.4 Å². The number of guanidine groups is 1. The Morgan fingerprint density at radius 2 is 2.17 bits per heavy atom. The molecule has 18 heavy (non-hydrogen) atoms. The first-order chi connectivity index (χ1) is 8.26. The summed E-state index contributed by atoms with van der Waals surface area (Å²) in [6.45, 7) is 10.1. The summed E-state index contributed by atoms with van der Waals surface area (Å²) in [5.41, 5.74) is 2.49. The molecule has 0 unspecified atom stereocenters. The van der Waals surface area contributed by atoms with Crippen LogP contribution in [-0.4, -0.2) is 19.0 Å². The molecule has 0 radical (unpaired) electrons. The second-order valence-electron chi connectivity index (χ2n) is 3.85. The molecule has 1 aromatic carbocycles.